The topological polar surface area (TPSA) is 18.5 Å². The lowest BCUT2D eigenvalue weighted by molar-refractivity contribution is 0.00578. The lowest BCUT2D eigenvalue weighted by atomic mass is 9.74. The van der Waals surface area contributed by atoms with E-state index in [2.05, 4.69) is 33.8 Å². The highest BCUT2D eigenvalue weighted by Crippen LogP contribution is 2.39. The molecule has 0 bridgehead atoms. The molecule has 0 unspecified atom stereocenters. The van der Waals surface area contributed by atoms with Gasteiger partial charge in [0, 0.05) is 0 Å². The molecule has 0 saturated carbocycles. The van der Waals surface area contributed by atoms with E-state index >= 15 is 0 Å². The van der Waals surface area contributed by atoms with Gasteiger partial charge >= 0.3 is 7.12 Å². The standard InChI is InChI=1S/C16H29BO2/c1-15(2)16(3,4)19-17(18-15)14-12-10-8-6-5-7-9-11-13-14/h12H,5-11,13H2,1-4H3/b14-12+. The van der Waals surface area contributed by atoms with Crippen molar-refractivity contribution in [3.63, 3.8) is 0 Å². The second-order valence-corrected chi connectivity index (χ2v) is 7.03. The molecule has 0 amide bonds. The van der Waals surface area contributed by atoms with E-state index in [4.69, 9.17) is 9.31 Å². The first kappa shape index (κ1) is 15.1. The van der Waals surface area contributed by atoms with Crippen LogP contribution in [0.15, 0.2) is 11.5 Å². The minimum atomic E-state index is -0.214. The van der Waals surface area contributed by atoms with Gasteiger partial charge < -0.3 is 9.31 Å². The summed E-state index contributed by atoms with van der Waals surface area (Å²) in [6.45, 7) is 8.53. The fraction of sp³-hybridized carbons (Fsp3) is 0.875. The van der Waals surface area contributed by atoms with Crippen LogP contribution in [0.3, 0.4) is 0 Å². The summed E-state index contributed by atoms with van der Waals surface area (Å²) in [5.74, 6) is 0. The van der Waals surface area contributed by atoms with E-state index < -0.39 is 0 Å². The Morgan fingerprint density at radius 2 is 1.37 bits per heavy atom. The Bertz CT molecular complexity index is 318. The zero-order valence-electron chi connectivity index (χ0n) is 13.1. The molecule has 2 rings (SSSR count). The van der Waals surface area contributed by atoms with Crippen LogP contribution in [0.25, 0.3) is 0 Å². The molecule has 1 aliphatic heterocycles. The van der Waals surface area contributed by atoms with Crippen LogP contribution in [0.5, 0.6) is 0 Å². The van der Waals surface area contributed by atoms with Crippen molar-refractivity contribution in [2.45, 2.75) is 90.3 Å². The molecule has 1 saturated heterocycles. The van der Waals surface area contributed by atoms with Crippen molar-refractivity contribution in [1.29, 1.82) is 0 Å². The van der Waals surface area contributed by atoms with Gasteiger partial charge in [0.15, 0.2) is 0 Å². The predicted molar refractivity (Wildman–Crippen MR) is 81.1 cm³/mol. The van der Waals surface area contributed by atoms with E-state index in [1.54, 1.807) is 0 Å². The van der Waals surface area contributed by atoms with E-state index in [9.17, 15) is 0 Å². The van der Waals surface area contributed by atoms with Crippen LogP contribution in [0.2, 0.25) is 0 Å². The Labute approximate surface area is 119 Å². The van der Waals surface area contributed by atoms with Crippen LogP contribution in [0.1, 0.15) is 79.1 Å². The molecule has 1 aliphatic carbocycles. The summed E-state index contributed by atoms with van der Waals surface area (Å²) < 4.78 is 12.4. The SMILES string of the molecule is CC1(C)OB(/C2=C/CCCCCCCC2)OC1(C)C. The van der Waals surface area contributed by atoms with Crippen molar-refractivity contribution in [1.82, 2.24) is 0 Å². The molecular weight excluding hydrogens is 235 g/mol. The summed E-state index contributed by atoms with van der Waals surface area (Å²) >= 11 is 0. The van der Waals surface area contributed by atoms with Crippen LogP contribution in [0, 0.1) is 0 Å². The van der Waals surface area contributed by atoms with E-state index in [-0.39, 0.29) is 18.3 Å². The zero-order chi connectivity index (χ0) is 13.9. The minimum Gasteiger partial charge on any atom is -0.400 e. The van der Waals surface area contributed by atoms with Crippen molar-refractivity contribution < 1.29 is 9.31 Å². The van der Waals surface area contributed by atoms with Crippen LogP contribution < -0.4 is 0 Å². The summed E-state index contributed by atoms with van der Waals surface area (Å²) in [6.07, 6.45) is 12.8. The Hall–Kier alpha value is -0.275. The molecule has 0 aromatic carbocycles. The van der Waals surface area contributed by atoms with Gasteiger partial charge in [0.25, 0.3) is 0 Å². The molecular formula is C16H29BO2. The third kappa shape index (κ3) is 3.63. The highest BCUT2D eigenvalue weighted by Gasteiger charge is 2.52. The third-order valence-electron chi connectivity index (χ3n) is 4.88. The average molecular weight is 264 g/mol. The fourth-order valence-electron chi connectivity index (χ4n) is 2.78. The van der Waals surface area contributed by atoms with Crippen molar-refractivity contribution in [2.24, 2.45) is 0 Å². The summed E-state index contributed by atoms with van der Waals surface area (Å²) in [5.41, 5.74) is 0.947. The Kier molecular flexibility index (Phi) is 4.78. The second kappa shape index (κ2) is 6.01. The zero-order valence-corrected chi connectivity index (χ0v) is 13.1. The van der Waals surface area contributed by atoms with Crippen molar-refractivity contribution in [3.8, 4) is 0 Å². The quantitative estimate of drug-likeness (QED) is 0.640. The van der Waals surface area contributed by atoms with E-state index in [0.29, 0.717) is 0 Å². The Morgan fingerprint density at radius 1 is 0.842 bits per heavy atom. The maximum absolute atomic E-state index is 6.18. The van der Waals surface area contributed by atoms with Crippen molar-refractivity contribution >= 4 is 7.12 Å². The Morgan fingerprint density at radius 3 is 2.00 bits per heavy atom. The highest BCUT2D eigenvalue weighted by molar-refractivity contribution is 6.54. The normalized spacial score (nSPS) is 30.7. The smallest absolute Gasteiger partial charge is 0.400 e. The summed E-state index contributed by atoms with van der Waals surface area (Å²) in [6, 6.07) is 0. The molecule has 1 fully saturated rings. The number of hydrogen-bond acceptors (Lipinski definition) is 2. The van der Waals surface area contributed by atoms with E-state index in [0.717, 1.165) is 6.42 Å². The van der Waals surface area contributed by atoms with Gasteiger partial charge in [-0.3, -0.25) is 0 Å². The molecule has 2 nitrogen and oxygen atoms in total. The lowest BCUT2D eigenvalue weighted by Gasteiger charge is -2.32. The van der Waals surface area contributed by atoms with Gasteiger partial charge in [-0.1, -0.05) is 38.2 Å². The first-order valence-corrected chi connectivity index (χ1v) is 7.97. The average Bonchev–Trinajstić information content (AvgIpc) is 2.55. The molecule has 2 aliphatic rings. The third-order valence-corrected chi connectivity index (χ3v) is 4.88. The first-order chi connectivity index (χ1) is 8.92. The number of rotatable bonds is 1. The van der Waals surface area contributed by atoms with Gasteiger partial charge in [0.1, 0.15) is 0 Å². The molecule has 0 N–H and O–H groups in total. The van der Waals surface area contributed by atoms with Crippen LogP contribution in [-0.2, 0) is 9.31 Å². The van der Waals surface area contributed by atoms with Gasteiger partial charge in [0.05, 0.1) is 11.2 Å². The van der Waals surface area contributed by atoms with Crippen molar-refractivity contribution in [3.05, 3.63) is 11.5 Å². The summed E-state index contributed by atoms with van der Waals surface area (Å²) in [4.78, 5) is 0. The predicted octanol–water partition coefficient (Wildman–Crippen LogP) is 4.68. The van der Waals surface area contributed by atoms with Crippen molar-refractivity contribution in [2.75, 3.05) is 0 Å². The van der Waals surface area contributed by atoms with E-state index in [1.807, 2.05) is 0 Å². The first-order valence-electron chi connectivity index (χ1n) is 7.97. The fourth-order valence-corrected chi connectivity index (χ4v) is 2.78. The largest absolute Gasteiger partial charge is 0.490 e. The molecule has 19 heavy (non-hydrogen) atoms. The molecule has 0 aromatic heterocycles. The van der Waals surface area contributed by atoms with E-state index in [1.165, 1.54) is 50.4 Å². The molecule has 1 heterocycles. The minimum absolute atomic E-state index is 0.121. The molecule has 0 atom stereocenters. The van der Waals surface area contributed by atoms with Gasteiger partial charge in [-0.05, 0) is 52.4 Å². The van der Waals surface area contributed by atoms with Gasteiger partial charge in [0.2, 0.25) is 0 Å². The van der Waals surface area contributed by atoms with Crippen LogP contribution in [0.4, 0.5) is 0 Å². The second-order valence-electron chi connectivity index (χ2n) is 7.03. The highest BCUT2D eigenvalue weighted by atomic mass is 16.7. The summed E-state index contributed by atoms with van der Waals surface area (Å²) in [7, 11) is -0.121. The molecule has 108 valence electrons. The maximum atomic E-state index is 6.18. The molecule has 0 radical (unpaired) electrons. The maximum Gasteiger partial charge on any atom is 0.490 e. The lowest BCUT2D eigenvalue weighted by Crippen LogP contribution is -2.41. The van der Waals surface area contributed by atoms with Gasteiger partial charge in [-0.15, -0.1) is 0 Å². The van der Waals surface area contributed by atoms with Gasteiger partial charge in [-0.25, -0.2) is 0 Å². The monoisotopic (exact) mass is 264 g/mol. The summed E-state index contributed by atoms with van der Waals surface area (Å²) in [5, 5.41) is 0. The molecule has 3 heteroatoms. The molecule has 0 aromatic rings. The number of allylic oxidation sites excluding steroid dienone is 2. The van der Waals surface area contributed by atoms with Gasteiger partial charge in [-0.2, -0.15) is 0 Å². The van der Waals surface area contributed by atoms with Crippen LogP contribution in [-0.4, -0.2) is 18.3 Å². The number of hydrogen-bond donors (Lipinski definition) is 0. The van der Waals surface area contributed by atoms with Crippen LogP contribution >= 0.6 is 0 Å². The molecule has 0 spiro atoms. The Balaban J connectivity index is 2.04.